The van der Waals surface area contributed by atoms with Gasteiger partial charge in [0.1, 0.15) is 11.6 Å². The van der Waals surface area contributed by atoms with Crippen LogP contribution in [0.4, 0.5) is 10.1 Å². The van der Waals surface area contributed by atoms with Crippen molar-refractivity contribution in [1.29, 1.82) is 0 Å². The second-order valence-electron chi connectivity index (χ2n) is 8.44. The molecular weight excluding hydrogens is 449 g/mol. The first-order valence-corrected chi connectivity index (χ1v) is 11.6. The summed E-state index contributed by atoms with van der Waals surface area (Å²) in [7, 11) is 1.58. The normalized spacial score (nSPS) is 14.1. The van der Waals surface area contributed by atoms with Gasteiger partial charge in [0.15, 0.2) is 5.78 Å². The Morgan fingerprint density at radius 1 is 1.09 bits per heavy atom. The third-order valence-corrected chi connectivity index (χ3v) is 6.36. The highest BCUT2D eigenvalue weighted by molar-refractivity contribution is 6.08. The summed E-state index contributed by atoms with van der Waals surface area (Å²) in [6, 6.07) is 10.1. The molecule has 0 atom stereocenters. The maximum absolute atomic E-state index is 15.2. The van der Waals surface area contributed by atoms with E-state index in [1.807, 2.05) is 11.8 Å². The van der Waals surface area contributed by atoms with Gasteiger partial charge in [0, 0.05) is 51.2 Å². The molecule has 1 saturated heterocycles. The van der Waals surface area contributed by atoms with Crippen LogP contribution in [0.5, 0.6) is 5.75 Å². The number of aryl methyl sites for hydroxylation is 1. The van der Waals surface area contributed by atoms with Gasteiger partial charge < -0.3 is 19.1 Å². The van der Waals surface area contributed by atoms with E-state index in [9.17, 15) is 14.4 Å². The van der Waals surface area contributed by atoms with Gasteiger partial charge in [0.05, 0.1) is 23.9 Å². The Balaban J connectivity index is 1.67. The van der Waals surface area contributed by atoms with E-state index >= 15 is 4.39 Å². The summed E-state index contributed by atoms with van der Waals surface area (Å²) in [4.78, 5) is 41.3. The zero-order valence-corrected chi connectivity index (χ0v) is 20.1. The lowest BCUT2D eigenvalue weighted by Crippen LogP contribution is -2.48. The van der Waals surface area contributed by atoms with Crippen LogP contribution in [0, 0.1) is 5.82 Å². The van der Waals surface area contributed by atoms with Crippen LogP contribution < -0.4 is 15.1 Å². The van der Waals surface area contributed by atoms with Crippen molar-refractivity contribution in [3.8, 4) is 5.75 Å². The molecule has 1 aliphatic heterocycles. The van der Waals surface area contributed by atoms with Crippen LogP contribution in [0.25, 0.3) is 17.0 Å². The number of ether oxygens (including phenoxy) is 1. The van der Waals surface area contributed by atoms with E-state index in [4.69, 9.17) is 4.74 Å². The Bertz CT molecular complexity index is 1350. The summed E-state index contributed by atoms with van der Waals surface area (Å²) in [6.45, 7) is 5.97. The molecule has 1 aliphatic rings. The topological polar surface area (TPSA) is 71.8 Å². The molecule has 1 fully saturated rings. The highest BCUT2D eigenvalue weighted by Crippen LogP contribution is 2.26. The number of fused-ring (bicyclic) bond motifs is 1. The summed E-state index contributed by atoms with van der Waals surface area (Å²) in [5.74, 6) is -0.260. The molecule has 3 aromatic rings. The van der Waals surface area contributed by atoms with Crippen molar-refractivity contribution in [2.24, 2.45) is 0 Å². The Kier molecular flexibility index (Phi) is 7.00. The van der Waals surface area contributed by atoms with Gasteiger partial charge in [-0.2, -0.15) is 0 Å². The van der Waals surface area contributed by atoms with Crippen LogP contribution in [0.3, 0.4) is 0 Å². The fourth-order valence-corrected chi connectivity index (χ4v) is 4.32. The summed E-state index contributed by atoms with van der Waals surface area (Å²) >= 11 is 0. The quantitative estimate of drug-likeness (QED) is 0.400. The Hall–Kier alpha value is -3.94. The van der Waals surface area contributed by atoms with E-state index in [0.717, 1.165) is 5.56 Å². The molecule has 7 nitrogen and oxygen atoms in total. The molecule has 2 aromatic carbocycles. The molecular formula is C27H28FN3O4. The number of ketones is 1. The number of rotatable bonds is 6. The van der Waals surface area contributed by atoms with Gasteiger partial charge in [0.25, 0.3) is 0 Å². The van der Waals surface area contributed by atoms with Gasteiger partial charge >= 0.3 is 0 Å². The monoisotopic (exact) mass is 477 g/mol. The maximum Gasteiger partial charge on any atom is 0.219 e. The van der Waals surface area contributed by atoms with Crippen molar-refractivity contribution in [3.05, 3.63) is 75.8 Å². The van der Waals surface area contributed by atoms with E-state index in [-0.39, 0.29) is 16.9 Å². The first kappa shape index (κ1) is 24.2. The number of allylic oxidation sites excluding steroid dienone is 1. The lowest BCUT2D eigenvalue weighted by molar-refractivity contribution is -0.129. The molecule has 0 saturated carbocycles. The highest BCUT2D eigenvalue weighted by atomic mass is 19.1. The average molecular weight is 478 g/mol. The van der Waals surface area contributed by atoms with Crippen LogP contribution in [-0.4, -0.2) is 54.4 Å². The summed E-state index contributed by atoms with van der Waals surface area (Å²) < 4.78 is 22.1. The Labute approximate surface area is 203 Å². The molecule has 8 heteroatoms. The van der Waals surface area contributed by atoms with E-state index in [1.165, 1.54) is 19.1 Å². The van der Waals surface area contributed by atoms with Crippen molar-refractivity contribution in [2.45, 2.75) is 20.4 Å². The molecule has 35 heavy (non-hydrogen) atoms. The van der Waals surface area contributed by atoms with Crippen molar-refractivity contribution < 1.29 is 18.7 Å². The number of hydrogen-bond donors (Lipinski definition) is 0. The van der Waals surface area contributed by atoms with E-state index < -0.39 is 17.0 Å². The average Bonchev–Trinajstić information content (AvgIpc) is 2.88. The number of methoxy groups -OCH3 is 1. The molecule has 2 heterocycles. The summed E-state index contributed by atoms with van der Waals surface area (Å²) in [5.41, 5.74) is 1.24. The molecule has 0 spiro atoms. The number of pyridine rings is 1. The minimum absolute atomic E-state index is 0.00157. The lowest BCUT2D eigenvalue weighted by Gasteiger charge is -2.36. The number of carbonyl (C=O) groups is 2. The number of halogens is 1. The molecule has 0 N–H and O–H groups in total. The van der Waals surface area contributed by atoms with E-state index in [1.54, 1.807) is 59.2 Å². The van der Waals surface area contributed by atoms with Crippen molar-refractivity contribution in [2.75, 3.05) is 38.2 Å². The third-order valence-electron chi connectivity index (χ3n) is 6.36. The number of hydrogen-bond acceptors (Lipinski definition) is 5. The minimum Gasteiger partial charge on any atom is -0.497 e. The van der Waals surface area contributed by atoms with Crippen LogP contribution in [0.15, 0.2) is 53.5 Å². The Morgan fingerprint density at radius 2 is 1.77 bits per heavy atom. The molecule has 0 bridgehead atoms. The van der Waals surface area contributed by atoms with Crippen molar-refractivity contribution in [1.82, 2.24) is 9.47 Å². The molecule has 1 amide bonds. The van der Waals surface area contributed by atoms with E-state index in [0.29, 0.717) is 49.7 Å². The zero-order chi connectivity index (χ0) is 25.1. The lowest BCUT2D eigenvalue weighted by atomic mass is 10.1. The second kappa shape index (κ2) is 10.1. The molecule has 182 valence electrons. The SMILES string of the molecule is CCn1cc(C(=O)/C=C/c2ccc(OC)cc2)c(=O)c2cc(F)c(N3CCN(C(C)=O)CC3)cc21. The summed E-state index contributed by atoms with van der Waals surface area (Å²) in [5, 5.41) is 0.166. The number of piperazine rings is 1. The fourth-order valence-electron chi connectivity index (χ4n) is 4.32. The number of amides is 1. The van der Waals surface area contributed by atoms with Crippen LogP contribution in [0.1, 0.15) is 29.8 Å². The third kappa shape index (κ3) is 4.96. The minimum atomic E-state index is -0.521. The predicted molar refractivity (Wildman–Crippen MR) is 135 cm³/mol. The smallest absolute Gasteiger partial charge is 0.219 e. The first-order valence-electron chi connectivity index (χ1n) is 11.6. The maximum atomic E-state index is 15.2. The number of aromatic nitrogens is 1. The number of nitrogens with zero attached hydrogens (tertiary/aromatic N) is 3. The van der Waals surface area contributed by atoms with Gasteiger partial charge in [-0.1, -0.05) is 18.2 Å². The first-order chi connectivity index (χ1) is 16.8. The number of carbonyl (C=O) groups excluding carboxylic acids is 2. The zero-order valence-electron chi connectivity index (χ0n) is 20.1. The second-order valence-corrected chi connectivity index (χ2v) is 8.44. The van der Waals surface area contributed by atoms with Crippen LogP contribution >= 0.6 is 0 Å². The standard InChI is InChI=1S/C27H28FN3O4/c1-4-29-17-22(26(33)10-7-19-5-8-20(35-3)9-6-19)27(34)21-15-23(28)25(16-24(21)29)31-13-11-30(12-14-31)18(2)32/h5-10,15-17H,4,11-14H2,1-3H3/b10-7+. The molecule has 0 radical (unpaired) electrons. The van der Waals surface area contributed by atoms with Crippen molar-refractivity contribution >= 4 is 34.4 Å². The predicted octanol–water partition coefficient (Wildman–Crippen LogP) is 3.73. The largest absolute Gasteiger partial charge is 0.497 e. The van der Waals surface area contributed by atoms with Gasteiger partial charge in [0.2, 0.25) is 11.3 Å². The van der Waals surface area contributed by atoms with Gasteiger partial charge in [-0.15, -0.1) is 0 Å². The fraction of sp³-hybridized carbons (Fsp3) is 0.296. The number of benzene rings is 2. The number of anilines is 1. The molecule has 4 rings (SSSR count). The summed E-state index contributed by atoms with van der Waals surface area (Å²) in [6.07, 6.45) is 4.52. The highest BCUT2D eigenvalue weighted by Gasteiger charge is 2.23. The molecule has 0 unspecified atom stereocenters. The van der Waals surface area contributed by atoms with Crippen LogP contribution in [0.2, 0.25) is 0 Å². The van der Waals surface area contributed by atoms with Gasteiger partial charge in [-0.3, -0.25) is 14.4 Å². The Morgan fingerprint density at radius 3 is 2.37 bits per heavy atom. The molecule has 0 aliphatic carbocycles. The molecule has 1 aromatic heterocycles. The van der Waals surface area contributed by atoms with Crippen LogP contribution in [-0.2, 0) is 11.3 Å². The van der Waals surface area contributed by atoms with Gasteiger partial charge in [-0.25, -0.2) is 4.39 Å². The van der Waals surface area contributed by atoms with Gasteiger partial charge in [-0.05, 0) is 42.8 Å². The van der Waals surface area contributed by atoms with Crippen molar-refractivity contribution in [3.63, 3.8) is 0 Å². The van der Waals surface area contributed by atoms with E-state index in [2.05, 4.69) is 0 Å².